The van der Waals surface area contributed by atoms with Crippen LogP contribution in [0.1, 0.15) is 38.6 Å². The Balaban J connectivity index is 1.69. The highest BCUT2D eigenvalue weighted by Gasteiger charge is 2.46. The van der Waals surface area contributed by atoms with Gasteiger partial charge in [0.2, 0.25) is 11.1 Å². The number of nitrogens with zero attached hydrogens (tertiary/aromatic N) is 3. The SMILES string of the molecule is CCCCSc1n[n+]2c(c(=O)[nH]1)-c1ccccc1N(C(C)=O)[C@@H]2c1ccc(-c2ccc(F)cc2)o1. The van der Waals surface area contributed by atoms with Gasteiger partial charge >= 0.3 is 17.4 Å². The van der Waals surface area contributed by atoms with Crippen LogP contribution in [0, 0.1) is 5.82 Å². The number of hydrogen-bond acceptors (Lipinski definition) is 5. The van der Waals surface area contributed by atoms with Crippen LogP contribution >= 0.6 is 11.8 Å². The van der Waals surface area contributed by atoms with Crippen LogP contribution in [0.4, 0.5) is 10.1 Å². The summed E-state index contributed by atoms with van der Waals surface area (Å²) >= 11 is 1.47. The van der Waals surface area contributed by atoms with E-state index < -0.39 is 6.17 Å². The highest BCUT2D eigenvalue weighted by atomic mass is 32.2. The van der Waals surface area contributed by atoms with E-state index in [-0.39, 0.29) is 17.3 Å². The third-order valence-electron chi connectivity index (χ3n) is 5.84. The number of unbranched alkanes of at least 4 members (excludes halogenated alkanes) is 1. The van der Waals surface area contributed by atoms with Crippen molar-refractivity contribution >= 4 is 23.4 Å². The molecule has 9 heteroatoms. The molecule has 0 aliphatic carbocycles. The Kier molecular flexibility index (Phi) is 6.25. The summed E-state index contributed by atoms with van der Waals surface area (Å²) in [6.07, 6.45) is 1.21. The van der Waals surface area contributed by atoms with Gasteiger partial charge in [-0.15, -0.1) is 0 Å². The van der Waals surface area contributed by atoms with Crippen LogP contribution in [0.25, 0.3) is 22.6 Å². The molecule has 2 aromatic heterocycles. The van der Waals surface area contributed by atoms with E-state index in [0.717, 1.165) is 18.6 Å². The van der Waals surface area contributed by atoms with Gasteiger partial charge in [0.1, 0.15) is 11.6 Å². The number of nitrogens with one attached hydrogen (secondary N) is 1. The van der Waals surface area contributed by atoms with E-state index in [1.165, 1.54) is 30.8 Å². The number of hydrogen-bond donors (Lipinski definition) is 1. The van der Waals surface area contributed by atoms with Crippen LogP contribution in [-0.2, 0) is 4.79 Å². The number of H-pyrrole nitrogens is 1. The Morgan fingerprint density at radius 1 is 1.17 bits per heavy atom. The van der Waals surface area contributed by atoms with Crippen molar-refractivity contribution in [2.24, 2.45) is 0 Å². The zero-order valence-electron chi connectivity index (χ0n) is 19.3. The maximum absolute atomic E-state index is 13.4. The highest BCUT2D eigenvalue weighted by molar-refractivity contribution is 7.99. The summed E-state index contributed by atoms with van der Waals surface area (Å²) in [5.74, 6) is 1.21. The Hall–Kier alpha value is -3.72. The second kappa shape index (κ2) is 9.50. The molecule has 0 fully saturated rings. The van der Waals surface area contributed by atoms with Crippen molar-refractivity contribution in [3.63, 3.8) is 0 Å². The van der Waals surface area contributed by atoms with E-state index in [0.29, 0.717) is 39.2 Å². The molecule has 2 aromatic carbocycles. The monoisotopic (exact) mass is 491 g/mol. The van der Waals surface area contributed by atoms with E-state index in [2.05, 4.69) is 11.9 Å². The fourth-order valence-electron chi connectivity index (χ4n) is 4.21. The summed E-state index contributed by atoms with van der Waals surface area (Å²) in [4.78, 5) is 30.7. The number of anilines is 1. The first kappa shape index (κ1) is 23.0. The van der Waals surface area contributed by atoms with Crippen molar-refractivity contribution in [2.45, 2.75) is 38.0 Å². The van der Waals surface area contributed by atoms with E-state index in [4.69, 9.17) is 9.52 Å². The van der Waals surface area contributed by atoms with E-state index in [1.807, 2.05) is 12.1 Å². The van der Waals surface area contributed by atoms with Crippen LogP contribution in [-0.4, -0.2) is 21.7 Å². The molecule has 0 bridgehead atoms. The molecular weight excluding hydrogens is 467 g/mol. The second-order valence-corrected chi connectivity index (χ2v) is 9.33. The third kappa shape index (κ3) is 4.27. The fourth-order valence-corrected chi connectivity index (χ4v) is 5.15. The zero-order chi connectivity index (χ0) is 24.5. The Morgan fingerprint density at radius 2 is 1.94 bits per heavy atom. The van der Waals surface area contributed by atoms with Gasteiger partial charge in [-0.2, -0.15) is 0 Å². The number of amides is 1. The molecule has 1 atom stereocenters. The molecule has 0 saturated heterocycles. The predicted octanol–water partition coefficient (Wildman–Crippen LogP) is 4.93. The van der Waals surface area contributed by atoms with Gasteiger partial charge in [0.25, 0.3) is 0 Å². The number of carbonyl (C=O) groups excluding carboxylic acids is 1. The van der Waals surface area contributed by atoms with Crippen molar-refractivity contribution in [1.82, 2.24) is 10.1 Å². The molecule has 1 N–H and O–H groups in total. The van der Waals surface area contributed by atoms with Gasteiger partial charge in [-0.25, -0.2) is 9.29 Å². The van der Waals surface area contributed by atoms with E-state index in [9.17, 15) is 14.0 Å². The normalized spacial score (nSPS) is 14.5. The summed E-state index contributed by atoms with van der Waals surface area (Å²) in [7, 11) is 0. The number of rotatable bonds is 6. The molecule has 3 heterocycles. The molecular formula is C26H24FN4O3S+. The number of carbonyl (C=O) groups is 1. The fraction of sp³-hybridized carbons (Fsp3) is 0.231. The number of aromatic nitrogens is 3. The van der Waals surface area contributed by atoms with Gasteiger partial charge in [0.15, 0.2) is 5.76 Å². The molecule has 35 heavy (non-hydrogen) atoms. The molecule has 4 aromatic rings. The van der Waals surface area contributed by atoms with Gasteiger partial charge in [-0.1, -0.05) is 37.2 Å². The number of para-hydroxylation sites is 1. The lowest BCUT2D eigenvalue weighted by atomic mass is 10.0. The number of fused-ring (bicyclic) bond motifs is 3. The number of furan rings is 1. The van der Waals surface area contributed by atoms with Gasteiger partial charge in [-0.3, -0.25) is 14.6 Å². The van der Waals surface area contributed by atoms with E-state index >= 15 is 0 Å². The smallest absolute Gasteiger partial charge is 0.325 e. The van der Waals surface area contributed by atoms with Crippen LogP contribution in [0.15, 0.2) is 75.0 Å². The van der Waals surface area contributed by atoms with Crippen molar-refractivity contribution in [2.75, 3.05) is 10.7 Å². The molecule has 178 valence electrons. The maximum Gasteiger partial charge on any atom is 0.325 e. The highest BCUT2D eigenvalue weighted by Crippen LogP contribution is 2.38. The van der Waals surface area contributed by atoms with Gasteiger partial charge in [0, 0.05) is 23.3 Å². The summed E-state index contributed by atoms with van der Waals surface area (Å²) in [5, 5.41) is 5.23. The summed E-state index contributed by atoms with van der Waals surface area (Å²) < 4.78 is 21.2. The lowest BCUT2D eigenvalue weighted by molar-refractivity contribution is -0.764. The number of aromatic amines is 1. The molecule has 5 rings (SSSR count). The first-order valence-electron chi connectivity index (χ1n) is 11.4. The standard InChI is InChI=1S/C26H23FN4O3S/c1-3-4-15-35-26-28-24(33)23-19-7-5-6-8-20(19)30(16(2)32)25(31(23)29-26)22-14-13-21(34-22)17-9-11-18(27)12-10-17/h5-14,25H,3-4,15H2,1-2H3/p+1/t25-/m0/s1. The minimum absolute atomic E-state index is 0.220. The van der Waals surface area contributed by atoms with Crippen molar-refractivity contribution in [3.8, 4) is 22.6 Å². The summed E-state index contributed by atoms with van der Waals surface area (Å²) in [6, 6.07) is 16.8. The zero-order valence-corrected chi connectivity index (χ0v) is 20.1. The molecule has 0 radical (unpaired) electrons. The van der Waals surface area contributed by atoms with Gasteiger partial charge < -0.3 is 4.42 Å². The number of thioether (sulfide) groups is 1. The van der Waals surface area contributed by atoms with Crippen molar-refractivity contribution in [3.05, 3.63) is 82.6 Å². The molecule has 7 nitrogen and oxygen atoms in total. The minimum Gasteiger partial charge on any atom is -0.452 e. The van der Waals surface area contributed by atoms with Crippen molar-refractivity contribution < 1.29 is 18.3 Å². The molecule has 0 unspecified atom stereocenters. The van der Waals surface area contributed by atoms with E-state index in [1.54, 1.807) is 46.0 Å². The van der Waals surface area contributed by atoms with Gasteiger partial charge in [0.05, 0.1) is 11.3 Å². The summed E-state index contributed by atoms with van der Waals surface area (Å²) in [5.41, 5.74) is 1.97. The number of benzene rings is 2. The first-order chi connectivity index (χ1) is 17.0. The molecule has 1 amide bonds. The Morgan fingerprint density at radius 3 is 2.69 bits per heavy atom. The first-order valence-corrected chi connectivity index (χ1v) is 12.4. The molecule has 1 aliphatic rings. The lowest BCUT2D eigenvalue weighted by Gasteiger charge is -2.30. The Bertz CT molecular complexity index is 1450. The average molecular weight is 492 g/mol. The maximum atomic E-state index is 13.4. The molecule has 0 saturated carbocycles. The predicted molar refractivity (Wildman–Crippen MR) is 132 cm³/mol. The largest absolute Gasteiger partial charge is 0.452 e. The Labute approximate surface area is 205 Å². The van der Waals surface area contributed by atoms with Crippen LogP contribution in [0.2, 0.25) is 0 Å². The molecule has 1 aliphatic heterocycles. The number of halogens is 1. The van der Waals surface area contributed by atoms with Crippen LogP contribution < -0.4 is 15.1 Å². The molecule has 0 spiro atoms. The minimum atomic E-state index is -0.806. The van der Waals surface area contributed by atoms with Gasteiger partial charge in [-0.05, 0) is 59.6 Å². The van der Waals surface area contributed by atoms with Crippen molar-refractivity contribution in [1.29, 1.82) is 0 Å². The average Bonchev–Trinajstić information content (AvgIpc) is 3.33. The topological polar surface area (TPSA) is 83.1 Å². The third-order valence-corrected chi connectivity index (χ3v) is 6.79. The van der Waals surface area contributed by atoms with Crippen LogP contribution in [0.3, 0.4) is 0 Å². The second-order valence-electron chi connectivity index (χ2n) is 8.24. The summed E-state index contributed by atoms with van der Waals surface area (Å²) in [6.45, 7) is 3.58. The quantitative estimate of drug-likeness (QED) is 0.235. The lowest BCUT2D eigenvalue weighted by Crippen LogP contribution is -2.60. The van der Waals surface area contributed by atoms with Crippen LogP contribution in [0.5, 0.6) is 0 Å².